The highest BCUT2D eigenvalue weighted by Crippen LogP contribution is 2.45. The number of fused-ring (bicyclic) bond motifs is 2. The van der Waals surface area contributed by atoms with Crippen LogP contribution in [0.15, 0.2) is 65.5 Å². The molecule has 0 radical (unpaired) electrons. The van der Waals surface area contributed by atoms with Gasteiger partial charge in [0.2, 0.25) is 0 Å². The minimum Gasteiger partial charge on any atom is -0.472 e. The molecule has 0 bridgehead atoms. The molecule has 7 nitrogen and oxygen atoms in total. The van der Waals surface area contributed by atoms with Crippen molar-refractivity contribution < 1.29 is 14.0 Å². The van der Waals surface area contributed by atoms with Gasteiger partial charge in [0, 0.05) is 35.6 Å². The maximum Gasteiger partial charge on any atom is 0.252 e. The van der Waals surface area contributed by atoms with Crippen molar-refractivity contribution in [3.63, 3.8) is 0 Å². The molecular formula is C37H40N4O3. The first-order chi connectivity index (χ1) is 21.4. The summed E-state index contributed by atoms with van der Waals surface area (Å²) < 4.78 is 10.0. The molecule has 5 aromatic rings. The lowest BCUT2D eigenvalue weighted by atomic mass is 9.75. The van der Waals surface area contributed by atoms with E-state index >= 15 is 0 Å². The van der Waals surface area contributed by atoms with Crippen LogP contribution < -0.4 is 5.32 Å². The molecule has 7 heteroatoms. The quantitative estimate of drug-likeness (QED) is 0.185. The number of hydrogen-bond donors (Lipinski definition) is 1. The predicted molar refractivity (Wildman–Crippen MR) is 175 cm³/mol. The largest absolute Gasteiger partial charge is 0.472 e. The van der Waals surface area contributed by atoms with Gasteiger partial charge in [-0.25, -0.2) is 4.98 Å². The fourth-order valence-corrected chi connectivity index (χ4v) is 7.54. The van der Waals surface area contributed by atoms with Crippen LogP contribution in [0.1, 0.15) is 98.4 Å². The first-order valence-electron chi connectivity index (χ1n) is 16.1. The highest BCUT2D eigenvalue weighted by Gasteiger charge is 2.44. The third kappa shape index (κ3) is 4.79. The summed E-state index contributed by atoms with van der Waals surface area (Å²) in [5.41, 5.74) is 7.80. The molecule has 2 aromatic carbocycles. The summed E-state index contributed by atoms with van der Waals surface area (Å²) in [4.78, 5) is 30.5. The number of aryl methyl sites for hydroxylation is 2. The highest BCUT2D eigenvalue weighted by atomic mass is 16.3. The molecule has 2 aliphatic carbocycles. The van der Waals surface area contributed by atoms with Crippen LogP contribution in [-0.2, 0) is 23.9 Å². The Balaban J connectivity index is 1.25. The monoisotopic (exact) mass is 588 g/mol. The Labute approximate surface area is 258 Å². The van der Waals surface area contributed by atoms with Crippen LogP contribution in [0.2, 0.25) is 0 Å². The number of allylic oxidation sites excluding steroid dienone is 1. The van der Waals surface area contributed by atoms with E-state index in [-0.39, 0.29) is 11.7 Å². The number of nitrogens with one attached hydrogen (secondary N) is 1. The fraction of sp³-hybridized carbons (Fsp3) is 0.378. The van der Waals surface area contributed by atoms with Crippen molar-refractivity contribution in [3.8, 4) is 11.3 Å². The van der Waals surface area contributed by atoms with Gasteiger partial charge in [0.1, 0.15) is 5.82 Å². The summed E-state index contributed by atoms with van der Waals surface area (Å²) in [5.74, 6) is 1.33. The summed E-state index contributed by atoms with van der Waals surface area (Å²) in [7, 11) is 2.01. The average molecular weight is 589 g/mol. The molecule has 0 atom stereocenters. The zero-order chi connectivity index (χ0) is 30.4. The second-order valence-corrected chi connectivity index (χ2v) is 12.7. The zero-order valence-corrected chi connectivity index (χ0v) is 25.9. The van der Waals surface area contributed by atoms with Crippen LogP contribution in [0, 0.1) is 0 Å². The Morgan fingerprint density at radius 3 is 2.55 bits per heavy atom. The summed E-state index contributed by atoms with van der Waals surface area (Å²) in [6.07, 6.45) is 15.9. The molecule has 2 saturated carbocycles. The van der Waals surface area contributed by atoms with Crippen LogP contribution in [0.3, 0.4) is 0 Å². The molecule has 3 heterocycles. The number of amides is 1. The fourth-order valence-electron chi connectivity index (χ4n) is 7.54. The van der Waals surface area contributed by atoms with E-state index in [1.165, 1.54) is 48.7 Å². The predicted octanol–water partition coefficient (Wildman–Crippen LogP) is 8.27. The molecule has 1 N–H and O–H groups in total. The zero-order valence-electron chi connectivity index (χ0n) is 25.9. The maximum atomic E-state index is 14.0. The maximum absolute atomic E-state index is 14.0. The van der Waals surface area contributed by atoms with Crippen molar-refractivity contribution in [2.75, 3.05) is 0 Å². The van der Waals surface area contributed by atoms with Crippen molar-refractivity contribution in [1.82, 2.24) is 19.4 Å². The summed E-state index contributed by atoms with van der Waals surface area (Å²) in [6, 6.07) is 14.3. The van der Waals surface area contributed by atoms with Gasteiger partial charge in [-0.3, -0.25) is 9.59 Å². The number of nitrogens with zero attached hydrogens (tertiary/aromatic N) is 3. The van der Waals surface area contributed by atoms with Crippen molar-refractivity contribution in [3.05, 3.63) is 83.6 Å². The molecule has 3 aromatic heterocycles. The number of ketones is 1. The lowest BCUT2D eigenvalue weighted by molar-refractivity contribution is -0.112. The molecule has 2 fully saturated rings. The Kier molecular flexibility index (Phi) is 7.27. The molecule has 1 amide bonds. The standard InChI is InChI=1S/C37H40N4O3/c1-4-41-31-22-27(14-15-29(31)33(26-9-6-5-7-10-26)34(41)28-17-20-44-23-28)35(43)39-37(18-8-19-37)36-38-30-16-13-25(12-11-24(2)42)21-32(30)40(36)3/h11-17,20-23,26H,4-10,18-19H2,1-3H3,(H,39,43)/b12-11+. The van der Waals surface area contributed by atoms with Crippen molar-refractivity contribution >= 4 is 39.7 Å². The van der Waals surface area contributed by atoms with E-state index in [1.807, 2.05) is 43.7 Å². The van der Waals surface area contributed by atoms with E-state index in [2.05, 4.69) is 39.6 Å². The molecule has 7 rings (SSSR count). The molecule has 0 spiro atoms. The Bertz CT molecular complexity index is 1900. The lowest BCUT2D eigenvalue weighted by Gasteiger charge is -2.41. The minimum absolute atomic E-state index is 0.0132. The van der Waals surface area contributed by atoms with E-state index in [0.29, 0.717) is 11.5 Å². The van der Waals surface area contributed by atoms with E-state index in [4.69, 9.17) is 9.40 Å². The number of hydrogen-bond acceptors (Lipinski definition) is 4. The Morgan fingerprint density at radius 2 is 1.86 bits per heavy atom. The molecule has 0 aliphatic heterocycles. The molecule has 2 aliphatic rings. The average Bonchev–Trinajstić information content (AvgIpc) is 3.74. The first kappa shape index (κ1) is 28.4. The van der Waals surface area contributed by atoms with Gasteiger partial charge in [-0.05, 0) is 99.4 Å². The number of furan rings is 1. The van der Waals surface area contributed by atoms with Gasteiger partial charge in [0.25, 0.3) is 5.91 Å². The molecule has 0 saturated heterocycles. The third-order valence-corrected chi connectivity index (χ3v) is 9.89. The Morgan fingerprint density at radius 1 is 1.05 bits per heavy atom. The van der Waals surface area contributed by atoms with Crippen molar-refractivity contribution in [2.24, 2.45) is 7.05 Å². The van der Waals surface area contributed by atoms with Crippen LogP contribution >= 0.6 is 0 Å². The first-order valence-corrected chi connectivity index (χ1v) is 16.1. The number of rotatable bonds is 8. The number of aromatic nitrogens is 3. The Hall–Kier alpha value is -4.39. The van der Waals surface area contributed by atoms with Gasteiger partial charge in [-0.2, -0.15) is 0 Å². The lowest BCUT2D eigenvalue weighted by Crippen LogP contribution is -2.52. The smallest absolute Gasteiger partial charge is 0.252 e. The van der Waals surface area contributed by atoms with Gasteiger partial charge in [-0.1, -0.05) is 37.5 Å². The van der Waals surface area contributed by atoms with Gasteiger partial charge in [0.05, 0.1) is 34.8 Å². The van der Waals surface area contributed by atoms with Gasteiger partial charge >= 0.3 is 0 Å². The SMILES string of the molecule is CCn1c(-c2ccoc2)c(C2CCCCC2)c2ccc(C(=O)NC3(c4nc5ccc(/C=C/C(C)=O)cc5n4C)CCC3)cc21. The van der Waals surface area contributed by atoms with Gasteiger partial charge in [-0.15, -0.1) is 0 Å². The third-order valence-electron chi connectivity index (χ3n) is 9.89. The number of carbonyl (C=O) groups excluding carboxylic acids is 2. The topological polar surface area (TPSA) is 82.1 Å². The number of benzene rings is 2. The van der Waals surface area contributed by atoms with Crippen LogP contribution in [0.5, 0.6) is 0 Å². The van der Waals surface area contributed by atoms with Crippen LogP contribution in [0.25, 0.3) is 39.3 Å². The normalized spacial score (nSPS) is 17.0. The summed E-state index contributed by atoms with van der Waals surface area (Å²) in [6.45, 7) is 4.53. The van der Waals surface area contributed by atoms with E-state index in [1.54, 1.807) is 19.3 Å². The van der Waals surface area contributed by atoms with Gasteiger partial charge in [0.15, 0.2) is 5.78 Å². The van der Waals surface area contributed by atoms with Crippen molar-refractivity contribution in [2.45, 2.75) is 83.2 Å². The summed E-state index contributed by atoms with van der Waals surface area (Å²) in [5, 5.41) is 4.67. The second-order valence-electron chi connectivity index (χ2n) is 12.7. The second kappa shape index (κ2) is 11.3. The molecule has 226 valence electrons. The molecule has 0 unspecified atom stereocenters. The molecular weight excluding hydrogens is 548 g/mol. The van der Waals surface area contributed by atoms with E-state index in [9.17, 15) is 9.59 Å². The van der Waals surface area contributed by atoms with Crippen molar-refractivity contribution in [1.29, 1.82) is 0 Å². The van der Waals surface area contributed by atoms with Gasteiger partial charge < -0.3 is 18.9 Å². The van der Waals surface area contributed by atoms with Crippen LogP contribution in [-0.4, -0.2) is 25.8 Å². The minimum atomic E-state index is -0.517. The highest BCUT2D eigenvalue weighted by molar-refractivity contribution is 6.01. The van der Waals surface area contributed by atoms with Crippen LogP contribution in [0.4, 0.5) is 0 Å². The van der Waals surface area contributed by atoms with E-state index in [0.717, 1.165) is 59.3 Å². The number of imidazole rings is 1. The molecule has 44 heavy (non-hydrogen) atoms. The number of carbonyl (C=O) groups is 2. The summed E-state index contributed by atoms with van der Waals surface area (Å²) >= 11 is 0. The van der Waals surface area contributed by atoms with E-state index < -0.39 is 5.54 Å².